The molecular formula is C46H51N5O5Si. The summed E-state index contributed by atoms with van der Waals surface area (Å²) < 4.78 is 9.64. The van der Waals surface area contributed by atoms with E-state index < -0.39 is 14.4 Å². The van der Waals surface area contributed by atoms with Gasteiger partial charge < -0.3 is 23.9 Å². The molecule has 0 fully saturated rings. The van der Waals surface area contributed by atoms with Gasteiger partial charge in [0.1, 0.15) is 5.75 Å². The number of hydrogen-bond donors (Lipinski definition) is 1. The summed E-state index contributed by atoms with van der Waals surface area (Å²) in [5.74, 6) is 0.394. The van der Waals surface area contributed by atoms with Gasteiger partial charge in [0.15, 0.2) is 0 Å². The van der Waals surface area contributed by atoms with Crippen molar-refractivity contribution < 1.29 is 23.9 Å². The molecule has 57 heavy (non-hydrogen) atoms. The lowest BCUT2D eigenvalue weighted by Crippen LogP contribution is -2.49. The van der Waals surface area contributed by atoms with Gasteiger partial charge in [0.2, 0.25) is 8.32 Å². The molecule has 0 unspecified atom stereocenters. The normalized spacial score (nSPS) is 14.5. The van der Waals surface area contributed by atoms with Gasteiger partial charge in [-0.25, -0.2) is 4.79 Å². The number of nitrogens with zero attached hydrogens (tertiary/aromatic N) is 5. The van der Waals surface area contributed by atoms with Gasteiger partial charge in [0, 0.05) is 54.0 Å². The van der Waals surface area contributed by atoms with E-state index in [1.54, 1.807) is 29.3 Å². The van der Waals surface area contributed by atoms with Crippen molar-refractivity contribution in [1.29, 1.82) is 0 Å². The van der Waals surface area contributed by atoms with Gasteiger partial charge in [-0.15, -0.1) is 0 Å². The summed E-state index contributed by atoms with van der Waals surface area (Å²) in [5.41, 5.74) is 6.61. The molecule has 0 saturated carbocycles. The molecule has 3 heterocycles. The second-order valence-corrected chi connectivity index (χ2v) is 21.5. The van der Waals surface area contributed by atoms with Crippen LogP contribution in [0.3, 0.4) is 0 Å². The zero-order valence-corrected chi connectivity index (χ0v) is 35.0. The highest BCUT2D eigenvalue weighted by atomic mass is 28.4. The Bertz CT molecular complexity index is 2480. The standard InChI is InChI=1S/C46H51N5O5Si/c1-31-25-35(29-49(31)42-16-12-11-15-40(42)44(53)50-28-34-14-10-9-13-32(34)26-38(50)30-47(5)6)43(52)51(37-19-22-41-33(27-37)23-24-48(41)45(54)55)36-17-20-39(21-18-36)56-57(7,8)46(2,3)4/h9-25,27,29,38H,26,28,30H2,1-8H3,(H,54,55)/t38-/m0/s1. The summed E-state index contributed by atoms with van der Waals surface area (Å²) in [7, 11) is 1.95. The van der Waals surface area contributed by atoms with Crippen molar-refractivity contribution in [3.05, 3.63) is 143 Å². The second kappa shape index (κ2) is 15.2. The Hall–Kier alpha value is -5.91. The van der Waals surface area contributed by atoms with E-state index in [1.807, 2.05) is 97.2 Å². The highest BCUT2D eigenvalue weighted by molar-refractivity contribution is 6.74. The van der Waals surface area contributed by atoms with Crippen molar-refractivity contribution in [1.82, 2.24) is 18.9 Å². The van der Waals surface area contributed by atoms with Crippen LogP contribution in [0.4, 0.5) is 16.2 Å². The SMILES string of the molecule is Cc1cc(C(=O)N(c2ccc(O[Si](C)(C)C(C)(C)C)cc2)c2ccc3c(ccn3C(=O)O)c2)cn1-c1ccccc1C(=O)N1Cc2ccccc2C[C@H]1CN(C)C. The summed E-state index contributed by atoms with van der Waals surface area (Å²) in [5, 5.41) is 10.4. The molecule has 1 atom stereocenters. The van der Waals surface area contributed by atoms with Crippen molar-refractivity contribution >= 4 is 48.5 Å². The largest absolute Gasteiger partial charge is 0.544 e. The number of fused-ring (bicyclic) bond motifs is 2. The van der Waals surface area contributed by atoms with Crippen molar-refractivity contribution in [2.24, 2.45) is 0 Å². The number of aromatic nitrogens is 2. The minimum atomic E-state index is -2.12. The van der Waals surface area contributed by atoms with E-state index in [1.165, 1.54) is 11.8 Å². The molecule has 1 N–H and O–H groups in total. The van der Waals surface area contributed by atoms with E-state index in [9.17, 15) is 19.5 Å². The molecule has 0 bridgehead atoms. The van der Waals surface area contributed by atoms with Crippen LogP contribution in [-0.2, 0) is 13.0 Å². The van der Waals surface area contributed by atoms with E-state index in [4.69, 9.17) is 4.43 Å². The average Bonchev–Trinajstić information content (AvgIpc) is 3.77. The molecule has 1 aliphatic heterocycles. The van der Waals surface area contributed by atoms with Crippen LogP contribution in [0.1, 0.15) is 58.3 Å². The third-order valence-corrected chi connectivity index (χ3v) is 15.8. The van der Waals surface area contributed by atoms with Crippen molar-refractivity contribution in [2.75, 3.05) is 25.5 Å². The van der Waals surface area contributed by atoms with Gasteiger partial charge in [0.05, 0.1) is 22.3 Å². The smallest absolute Gasteiger partial charge is 0.415 e. The number of benzene rings is 4. The zero-order valence-electron chi connectivity index (χ0n) is 34.0. The minimum Gasteiger partial charge on any atom is -0.544 e. The maximum absolute atomic E-state index is 14.9. The minimum absolute atomic E-state index is 0.00433. The first-order valence-corrected chi connectivity index (χ1v) is 22.2. The monoisotopic (exact) mass is 781 g/mol. The fourth-order valence-electron chi connectivity index (χ4n) is 7.44. The molecular weight excluding hydrogens is 731 g/mol. The van der Waals surface area contributed by atoms with Gasteiger partial charge in [-0.2, -0.15) is 0 Å². The van der Waals surface area contributed by atoms with Crippen LogP contribution in [0, 0.1) is 6.92 Å². The summed E-state index contributed by atoms with van der Waals surface area (Å²) in [6.45, 7) is 14.2. The fourth-order valence-corrected chi connectivity index (χ4v) is 8.47. The Balaban J connectivity index is 1.26. The molecule has 2 aromatic heterocycles. The van der Waals surface area contributed by atoms with Crippen molar-refractivity contribution in [3.63, 3.8) is 0 Å². The van der Waals surface area contributed by atoms with E-state index >= 15 is 0 Å². The van der Waals surface area contributed by atoms with Crippen LogP contribution in [0.5, 0.6) is 5.75 Å². The number of carboxylic acid groups (broad SMARTS) is 1. The van der Waals surface area contributed by atoms with Gasteiger partial charge in [0.25, 0.3) is 11.8 Å². The van der Waals surface area contributed by atoms with Gasteiger partial charge in [-0.1, -0.05) is 57.2 Å². The van der Waals surface area contributed by atoms with Crippen LogP contribution in [0.15, 0.2) is 116 Å². The highest BCUT2D eigenvalue weighted by Crippen LogP contribution is 2.39. The third kappa shape index (κ3) is 7.77. The molecule has 4 aromatic carbocycles. The number of hydrogen-bond acceptors (Lipinski definition) is 5. The van der Waals surface area contributed by atoms with Crippen LogP contribution >= 0.6 is 0 Å². The number of anilines is 2. The fraction of sp³-hybridized carbons (Fsp3) is 0.283. The quantitative estimate of drug-likeness (QED) is 0.147. The van der Waals surface area contributed by atoms with E-state index in [2.05, 4.69) is 57.0 Å². The second-order valence-electron chi connectivity index (χ2n) is 16.8. The molecule has 6 aromatic rings. The highest BCUT2D eigenvalue weighted by Gasteiger charge is 2.39. The van der Waals surface area contributed by atoms with E-state index in [0.717, 1.165) is 34.5 Å². The number of likely N-dealkylation sites (N-methyl/N-ethyl adjacent to an activating group) is 1. The lowest BCUT2D eigenvalue weighted by Gasteiger charge is -2.38. The lowest BCUT2D eigenvalue weighted by atomic mass is 9.93. The first-order chi connectivity index (χ1) is 27.0. The number of aryl methyl sites for hydroxylation is 1. The first kappa shape index (κ1) is 39.3. The maximum Gasteiger partial charge on any atom is 0.415 e. The number of carbonyl (C=O) groups is 3. The molecule has 2 amide bonds. The van der Waals surface area contributed by atoms with Crippen molar-refractivity contribution in [2.45, 2.75) is 64.8 Å². The van der Waals surface area contributed by atoms with Gasteiger partial charge in [-0.05, 0) is 123 Å². The van der Waals surface area contributed by atoms with Gasteiger partial charge in [-0.3, -0.25) is 19.1 Å². The summed E-state index contributed by atoms with van der Waals surface area (Å²) >= 11 is 0. The van der Waals surface area contributed by atoms with E-state index in [-0.39, 0.29) is 22.9 Å². The number of amides is 2. The van der Waals surface area contributed by atoms with Crippen LogP contribution < -0.4 is 9.33 Å². The molecule has 0 spiro atoms. The Morgan fingerprint density at radius 2 is 1.53 bits per heavy atom. The molecule has 10 nitrogen and oxygen atoms in total. The number of rotatable bonds is 9. The molecule has 11 heteroatoms. The molecule has 0 saturated heterocycles. The van der Waals surface area contributed by atoms with Gasteiger partial charge >= 0.3 is 6.09 Å². The Labute approximate surface area is 335 Å². The lowest BCUT2D eigenvalue weighted by molar-refractivity contribution is 0.0606. The van der Waals surface area contributed by atoms with Crippen LogP contribution in [-0.4, -0.2) is 76.9 Å². The predicted octanol–water partition coefficient (Wildman–Crippen LogP) is 9.76. The van der Waals surface area contributed by atoms with Crippen LogP contribution in [0.2, 0.25) is 18.1 Å². The molecule has 1 aliphatic rings. The Morgan fingerprint density at radius 3 is 2.21 bits per heavy atom. The number of para-hydroxylation sites is 1. The van der Waals surface area contributed by atoms with E-state index in [0.29, 0.717) is 45.6 Å². The molecule has 0 radical (unpaired) electrons. The predicted molar refractivity (Wildman–Crippen MR) is 229 cm³/mol. The van der Waals surface area contributed by atoms with Crippen molar-refractivity contribution in [3.8, 4) is 11.4 Å². The summed E-state index contributed by atoms with van der Waals surface area (Å²) in [4.78, 5) is 47.1. The summed E-state index contributed by atoms with van der Waals surface area (Å²) in [6, 6.07) is 32.3. The topological polar surface area (TPSA) is 100 Å². The summed E-state index contributed by atoms with van der Waals surface area (Å²) in [6.07, 6.45) is 2.99. The molecule has 0 aliphatic carbocycles. The molecule has 7 rings (SSSR count). The van der Waals surface area contributed by atoms with Crippen LogP contribution in [0.25, 0.3) is 16.6 Å². The number of carbonyl (C=O) groups excluding carboxylic acids is 2. The average molecular weight is 782 g/mol. The molecule has 294 valence electrons. The first-order valence-electron chi connectivity index (χ1n) is 19.3. The third-order valence-electron chi connectivity index (χ3n) is 11.5. The zero-order chi connectivity index (χ0) is 40.8. The maximum atomic E-state index is 14.9. The Kier molecular flexibility index (Phi) is 10.5. The Morgan fingerprint density at radius 1 is 0.860 bits per heavy atom.